The molecule has 0 aromatic rings. The molecule has 54 valence electrons. The Hall–Kier alpha value is 0.310. The molecular formula is C7H9INP. The molecule has 0 radical (unpaired) electrons. The van der Waals surface area contributed by atoms with Crippen LogP contribution in [-0.4, -0.2) is 9.50 Å². The minimum atomic E-state index is 0.251. The van der Waals surface area contributed by atoms with Crippen molar-refractivity contribution >= 4 is 35.5 Å². The third kappa shape index (κ3) is 2.51. The van der Waals surface area contributed by atoms with E-state index < -0.39 is 0 Å². The molecule has 0 spiro atoms. The lowest BCUT2D eigenvalue weighted by Gasteiger charge is -1.94. The van der Waals surface area contributed by atoms with Gasteiger partial charge in [0.15, 0.2) is 0 Å². The Bertz CT molecular complexity index is 218. The lowest BCUT2D eigenvalue weighted by atomic mass is 10.3. The molecule has 2 unspecified atom stereocenters. The van der Waals surface area contributed by atoms with Crippen LogP contribution in [0.2, 0.25) is 0 Å². The van der Waals surface area contributed by atoms with E-state index in [1.165, 1.54) is 5.57 Å². The average Bonchev–Trinajstić information content (AvgIpc) is 1.93. The molecule has 1 aliphatic rings. The topological polar surface area (TPSA) is 12.4 Å². The first-order chi connectivity index (χ1) is 4.68. The minimum Gasteiger partial charge on any atom is -0.267 e. The summed E-state index contributed by atoms with van der Waals surface area (Å²) in [5.41, 5.74) is 1.26. The van der Waals surface area contributed by atoms with Gasteiger partial charge in [0.05, 0.1) is 9.50 Å². The number of halogens is 1. The first-order valence-electron chi connectivity index (χ1n) is 3.04. The lowest BCUT2D eigenvalue weighted by Crippen LogP contribution is -1.87. The molecule has 0 saturated carbocycles. The van der Waals surface area contributed by atoms with Crippen LogP contribution in [0.4, 0.5) is 0 Å². The Morgan fingerprint density at radius 3 is 3.10 bits per heavy atom. The van der Waals surface area contributed by atoms with Crippen molar-refractivity contribution in [3.63, 3.8) is 0 Å². The van der Waals surface area contributed by atoms with Crippen molar-refractivity contribution in [2.24, 2.45) is 4.99 Å². The normalized spacial score (nSPS) is 25.3. The lowest BCUT2D eigenvalue weighted by molar-refractivity contribution is 1.17. The van der Waals surface area contributed by atoms with Crippen LogP contribution in [0.15, 0.2) is 28.8 Å². The third-order valence-electron chi connectivity index (χ3n) is 1.18. The van der Waals surface area contributed by atoms with E-state index in [2.05, 4.69) is 62.0 Å². The van der Waals surface area contributed by atoms with E-state index in [1.54, 1.807) is 0 Å². The molecule has 1 nitrogen and oxygen atoms in total. The highest BCUT2D eigenvalue weighted by Gasteiger charge is 1.98. The van der Waals surface area contributed by atoms with Gasteiger partial charge in [0, 0.05) is 0 Å². The second-order valence-corrected chi connectivity index (χ2v) is 3.98. The number of rotatable bonds is 0. The fourth-order valence-corrected chi connectivity index (χ4v) is 2.10. The number of nitrogens with zero attached hydrogens (tertiary/aromatic N) is 1. The summed E-state index contributed by atoms with van der Waals surface area (Å²) in [4.78, 5) is 4.33. The van der Waals surface area contributed by atoms with Crippen LogP contribution < -0.4 is 0 Å². The van der Waals surface area contributed by atoms with Crippen LogP contribution in [-0.2, 0) is 0 Å². The van der Waals surface area contributed by atoms with Gasteiger partial charge in [-0.3, -0.25) is 4.99 Å². The van der Waals surface area contributed by atoms with E-state index in [9.17, 15) is 0 Å². The van der Waals surface area contributed by atoms with E-state index >= 15 is 0 Å². The number of allylic oxidation sites excluding steroid dienone is 3. The van der Waals surface area contributed by atoms with Crippen LogP contribution in [0.3, 0.4) is 0 Å². The fourth-order valence-electron chi connectivity index (χ4n) is 0.709. The van der Waals surface area contributed by atoms with Gasteiger partial charge >= 0.3 is 0 Å². The van der Waals surface area contributed by atoms with Gasteiger partial charge < -0.3 is 0 Å². The van der Waals surface area contributed by atoms with Crippen molar-refractivity contribution < 1.29 is 0 Å². The predicted octanol–water partition coefficient (Wildman–Crippen LogP) is 2.54. The van der Waals surface area contributed by atoms with E-state index in [1.807, 2.05) is 0 Å². The molecule has 0 amide bonds. The molecule has 1 heterocycles. The third-order valence-corrected chi connectivity index (χ3v) is 2.14. The summed E-state index contributed by atoms with van der Waals surface area (Å²) >= 11 is 2.23. The van der Waals surface area contributed by atoms with E-state index in [0.29, 0.717) is 0 Å². The molecule has 0 fully saturated rings. The van der Waals surface area contributed by atoms with E-state index in [0.717, 1.165) is 3.72 Å². The Balaban J connectivity index is 2.88. The van der Waals surface area contributed by atoms with Crippen LogP contribution >= 0.6 is 31.8 Å². The second kappa shape index (κ2) is 3.63. The zero-order valence-corrected chi connectivity index (χ0v) is 9.02. The van der Waals surface area contributed by atoms with Crippen molar-refractivity contribution in [3.05, 3.63) is 23.8 Å². The maximum Gasteiger partial charge on any atom is 0.0968 e. The standard InChI is InChI=1S/C7H9INP/c1-5-2-3-7(10)9-6(8)4-5/h2-4,7H,10H2,1H3. The quantitative estimate of drug-likeness (QED) is 0.471. The van der Waals surface area contributed by atoms with Gasteiger partial charge in [0.25, 0.3) is 0 Å². The molecule has 10 heavy (non-hydrogen) atoms. The summed E-state index contributed by atoms with van der Waals surface area (Å²) in [6.07, 6.45) is 6.23. The molecule has 0 aromatic carbocycles. The molecule has 0 saturated heterocycles. The highest BCUT2D eigenvalue weighted by molar-refractivity contribution is 14.1. The molecular weight excluding hydrogens is 256 g/mol. The van der Waals surface area contributed by atoms with Crippen molar-refractivity contribution in [1.82, 2.24) is 0 Å². The predicted molar refractivity (Wildman–Crippen MR) is 57.9 cm³/mol. The summed E-state index contributed by atoms with van der Waals surface area (Å²) in [6, 6.07) is 0. The van der Waals surface area contributed by atoms with Crippen molar-refractivity contribution in [2.75, 3.05) is 0 Å². The zero-order valence-electron chi connectivity index (χ0n) is 5.71. The average molecular weight is 265 g/mol. The fraction of sp³-hybridized carbons (Fsp3) is 0.286. The first-order valence-corrected chi connectivity index (χ1v) is 4.78. The summed E-state index contributed by atoms with van der Waals surface area (Å²) in [5, 5.41) is 0. The molecule has 1 aliphatic heterocycles. The summed E-state index contributed by atoms with van der Waals surface area (Å²) in [5.74, 6) is 0.251. The zero-order chi connectivity index (χ0) is 7.56. The van der Waals surface area contributed by atoms with Crippen LogP contribution in [0.1, 0.15) is 6.92 Å². The summed E-state index contributed by atoms with van der Waals surface area (Å²) in [7, 11) is 2.67. The summed E-state index contributed by atoms with van der Waals surface area (Å²) in [6.45, 7) is 2.08. The molecule has 1 rings (SSSR count). The maximum atomic E-state index is 4.33. The number of hydrogen-bond donors (Lipinski definition) is 0. The Morgan fingerprint density at radius 1 is 1.70 bits per heavy atom. The molecule has 0 bridgehead atoms. The monoisotopic (exact) mass is 265 g/mol. The molecule has 3 heteroatoms. The van der Waals surface area contributed by atoms with Crippen molar-refractivity contribution in [3.8, 4) is 0 Å². The maximum absolute atomic E-state index is 4.33. The highest BCUT2D eigenvalue weighted by atomic mass is 127. The van der Waals surface area contributed by atoms with Crippen molar-refractivity contribution in [1.29, 1.82) is 0 Å². The second-order valence-electron chi connectivity index (χ2n) is 2.19. The Labute approximate surface area is 77.0 Å². The molecule has 2 atom stereocenters. The SMILES string of the molecule is CC1=CC(I)=NC(P)C=C1. The van der Waals surface area contributed by atoms with E-state index in [-0.39, 0.29) is 5.78 Å². The Morgan fingerprint density at radius 2 is 2.40 bits per heavy atom. The van der Waals surface area contributed by atoms with Gasteiger partial charge in [-0.25, -0.2) is 0 Å². The molecule has 0 aromatic heterocycles. The van der Waals surface area contributed by atoms with Crippen LogP contribution in [0, 0.1) is 0 Å². The number of hydrogen-bond acceptors (Lipinski definition) is 1. The van der Waals surface area contributed by atoms with Gasteiger partial charge in [-0.1, -0.05) is 12.2 Å². The van der Waals surface area contributed by atoms with Gasteiger partial charge in [0.2, 0.25) is 0 Å². The first kappa shape index (κ1) is 8.41. The Kier molecular flexibility index (Phi) is 3.05. The summed E-state index contributed by atoms with van der Waals surface area (Å²) < 4.78 is 1.07. The van der Waals surface area contributed by atoms with Crippen molar-refractivity contribution in [2.45, 2.75) is 12.7 Å². The minimum absolute atomic E-state index is 0.251. The van der Waals surface area contributed by atoms with E-state index in [4.69, 9.17) is 0 Å². The van der Waals surface area contributed by atoms with Gasteiger partial charge in [-0.15, -0.1) is 9.24 Å². The van der Waals surface area contributed by atoms with Crippen LogP contribution in [0.5, 0.6) is 0 Å². The number of aliphatic imine (C=N–C) groups is 1. The van der Waals surface area contributed by atoms with Gasteiger partial charge in [0.1, 0.15) is 0 Å². The highest BCUT2D eigenvalue weighted by Crippen LogP contribution is 2.13. The molecule has 0 N–H and O–H groups in total. The van der Waals surface area contributed by atoms with Gasteiger partial charge in [-0.05, 0) is 41.2 Å². The van der Waals surface area contributed by atoms with Crippen LogP contribution in [0.25, 0.3) is 0 Å². The van der Waals surface area contributed by atoms with Gasteiger partial charge in [-0.2, -0.15) is 0 Å². The largest absolute Gasteiger partial charge is 0.267 e. The molecule has 0 aliphatic carbocycles. The smallest absolute Gasteiger partial charge is 0.0968 e.